The zero-order chi connectivity index (χ0) is 14.2. The highest BCUT2D eigenvalue weighted by atomic mass is 16.5. The molecule has 1 aliphatic heterocycles. The van der Waals surface area contributed by atoms with Crippen LogP contribution in [0.5, 0.6) is 5.75 Å². The third-order valence-electron chi connectivity index (χ3n) is 3.26. The first-order valence-corrected chi connectivity index (χ1v) is 7.00. The monoisotopic (exact) mass is 279 g/mol. The third-order valence-corrected chi connectivity index (χ3v) is 3.26. The molecule has 1 heterocycles. The highest BCUT2D eigenvalue weighted by molar-refractivity contribution is 5.68. The van der Waals surface area contributed by atoms with Crippen molar-refractivity contribution in [2.24, 2.45) is 0 Å². The summed E-state index contributed by atoms with van der Waals surface area (Å²) in [6, 6.07) is 7.45. The minimum atomic E-state index is -0.969. The molecule has 1 aromatic carbocycles. The van der Waals surface area contributed by atoms with Crippen LogP contribution in [0.25, 0.3) is 0 Å². The Bertz CT molecular complexity index is 412. The molecule has 0 aromatic heterocycles. The molecule has 20 heavy (non-hydrogen) atoms. The first-order chi connectivity index (χ1) is 9.74. The van der Waals surface area contributed by atoms with E-state index in [0.29, 0.717) is 11.9 Å². The van der Waals surface area contributed by atoms with Gasteiger partial charge in [0.1, 0.15) is 5.75 Å². The topological polar surface area (TPSA) is 67.8 Å². The smallest absolute Gasteiger partial charge is 0.341 e. The highest BCUT2D eigenvalue weighted by Gasteiger charge is 2.12. The first kappa shape index (κ1) is 14.8. The number of carbonyl (C=O) groups is 1. The predicted octanol–water partition coefficient (Wildman–Crippen LogP) is 1.81. The number of aliphatic carboxylic acids is 1. The molecule has 1 aliphatic rings. The van der Waals surface area contributed by atoms with Crippen molar-refractivity contribution in [3.05, 3.63) is 29.8 Å². The van der Waals surface area contributed by atoms with Crippen LogP contribution in [-0.4, -0.2) is 36.9 Å². The molecule has 5 nitrogen and oxygen atoms in total. The van der Waals surface area contributed by atoms with Crippen molar-refractivity contribution >= 4 is 5.97 Å². The summed E-state index contributed by atoms with van der Waals surface area (Å²) in [6.45, 7) is 2.22. The molecule has 1 aromatic rings. The summed E-state index contributed by atoms with van der Waals surface area (Å²) in [5.74, 6) is -0.394. The predicted molar refractivity (Wildman–Crippen MR) is 74.9 cm³/mol. The Morgan fingerprint density at radius 2 is 2.15 bits per heavy atom. The van der Waals surface area contributed by atoms with Crippen LogP contribution < -0.4 is 10.1 Å². The number of nitrogens with one attached hydrogen (secondary N) is 1. The van der Waals surface area contributed by atoms with E-state index in [1.165, 1.54) is 12.8 Å². The van der Waals surface area contributed by atoms with Crippen LogP contribution in [0.2, 0.25) is 0 Å². The Morgan fingerprint density at radius 3 is 2.80 bits per heavy atom. The molecule has 0 amide bonds. The number of carboxylic acids is 1. The van der Waals surface area contributed by atoms with Crippen molar-refractivity contribution in [1.29, 1.82) is 0 Å². The van der Waals surface area contributed by atoms with Gasteiger partial charge in [0.25, 0.3) is 0 Å². The van der Waals surface area contributed by atoms with Gasteiger partial charge in [-0.05, 0) is 37.0 Å². The summed E-state index contributed by atoms with van der Waals surface area (Å²) in [4.78, 5) is 10.4. The maximum Gasteiger partial charge on any atom is 0.341 e. The molecule has 1 saturated heterocycles. The maximum absolute atomic E-state index is 10.4. The van der Waals surface area contributed by atoms with Crippen LogP contribution in [-0.2, 0) is 16.1 Å². The lowest BCUT2D eigenvalue weighted by molar-refractivity contribution is -0.139. The fourth-order valence-corrected chi connectivity index (χ4v) is 2.19. The Kier molecular flexibility index (Phi) is 5.83. The number of hydrogen-bond acceptors (Lipinski definition) is 4. The largest absolute Gasteiger partial charge is 0.482 e. The lowest BCUT2D eigenvalue weighted by Gasteiger charge is -2.22. The van der Waals surface area contributed by atoms with Crippen molar-refractivity contribution in [2.45, 2.75) is 31.9 Å². The summed E-state index contributed by atoms with van der Waals surface area (Å²) in [5, 5.41) is 11.9. The van der Waals surface area contributed by atoms with Gasteiger partial charge in [-0.2, -0.15) is 0 Å². The van der Waals surface area contributed by atoms with Gasteiger partial charge in [-0.15, -0.1) is 0 Å². The summed E-state index contributed by atoms with van der Waals surface area (Å²) in [5.41, 5.74) is 1.14. The van der Waals surface area contributed by atoms with E-state index < -0.39 is 5.97 Å². The van der Waals surface area contributed by atoms with Gasteiger partial charge in [0, 0.05) is 19.7 Å². The zero-order valence-electron chi connectivity index (χ0n) is 11.5. The summed E-state index contributed by atoms with van der Waals surface area (Å²) >= 11 is 0. The van der Waals surface area contributed by atoms with Crippen molar-refractivity contribution in [1.82, 2.24) is 5.32 Å². The SMILES string of the molecule is O=C(O)COc1ccc(CNCC2CCCCO2)cc1. The molecular formula is C15H21NO4. The summed E-state index contributed by atoms with van der Waals surface area (Å²) in [6.07, 6.45) is 3.90. The van der Waals surface area contributed by atoms with Gasteiger partial charge in [0.2, 0.25) is 0 Å². The summed E-state index contributed by atoms with van der Waals surface area (Å²) < 4.78 is 10.7. The molecule has 1 atom stereocenters. The van der Waals surface area contributed by atoms with Gasteiger partial charge in [-0.25, -0.2) is 4.79 Å². The molecule has 2 N–H and O–H groups in total. The van der Waals surface area contributed by atoms with Crippen LogP contribution in [0.15, 0.2) is 24.3 Å². The van der Waals surface area contributed by atoms with Gasteiger partial charge in [0.05, 0.1) is 6.10 Å². The number of ether oxygens (including phenoxy) is 2. The zero-order valence-corrected chi connectivity index (χ0v) is 11.5. The quantitative estimate of drug-likeness (QED) is 0.796. The van der Waals surface area contributed by atoms with E-state index in [0.717, 1.165) is 31.7 Å². The number of carboxylic acid groups (broad SMARTS) is 1. The Labute approximate surface area is 118 Å². The van der Waals surface area contributed by atoms with Gasteiger partial charge in [0.15, 0.2) is 6.61 Å². The average molecular weight is 279 g/mol. The average Bonchev–Trinajstić information content (AvgIpc) is 2.47. The van der Waals surface area contributed by atoms with E-state index in [9.17, 15) is 4.79 Å². The van der Waals surface area contributed by atoms with Crippen LogP contribution in [0.1, 0.15) is 24.8 Å². The molecule has 1 fully saturated rings. The second-order valence-corrected chi connectivity index (χ2v) is 4.95. The van der Waals surface area contributed by atoms with Gasteiger partial charge < -0.3 is 19.9 Å². The van der Waals surface area contributed by atoms with Gasteiger partial charge in [-0.3, -0.25) is 0 Å². The number of rotatable bonds is 7. The van der Waals surface area contributed by atoms with Crippen LogP contribution in [0.3, 0.4) is 0 Å². The minimum absolute atomic E-state index is 0.309. The van der Waals surface area contributed by atoms with Crippen molar-refractivity contribution in [3.8, 4) is 5.75 Å². The first-order valence-electron chi connectivity index (χ1n) is 7.00. The fourth-order valence-electron chi connectivity index (χ4n) is 2.19. The lowest BCUT2D eigenvalue weighted by atomic mass is 10.1. The fraction of sp³-hybridized carbons (Fsp3) is 0.533. The van der Waals surface area contributed by atoms with Crippen LogP contribution >= 0.6 is 0 Å². The van der Waals surface area contributed by atoms with Crippen molar-refractivity contribution in [3.63, 3.8) is 0 Å². The van der Waals surface area contributed by atoms with E-state index in [4.69, 9.17) is 14.6 Å². The number of benzene rings is 1. The molecule has 0 saturated carbocycles. The normalized spacial score (nSPS) is 18.7. The van der Waals surface area contributed by atoms with Crippen molar-refractivity contribution < 1.29 is 19.4 Å². The van der Waals surface area contributed by atoms with E-state index in [-0.39, 0.29) is 6.61 Å². The van der Waals surface area contributed by atoms with Crippen LogP contribution in [0, 0.1) is 0 Å². The van der Waals surface area contributed by atoms with E-state index in [2.05, 4.69) is 5.32 Å². The standard InChI is InChI=1S/C15H21NO4/c17-15(18)11-20-13-6-4-12(5-7-13)9-16-10-14-3-1-2-8-19-14/h4-7,14,16H,1-3,8-11H2,(H,17,18). The Balaban J connectivity index is 1.69. The van der Waals surface area contributed by atoms with Crippen LogP contribution in [0.4, 0.5) is 0 Å². The lowest BCUT2D eigenvalue weighted by Crippen LogP contribution is -2.31. The molecule has 2 rings (SSSR count). The van der Waals surface area contributed by atoms with E-state index >= 15 is 0 Å². The molecule has 110 valence electrons. The van der Waals surface area contributed by atoms with Crippen molar-refractivity contribution in [2.75, 3.05) is 19.8 Å². The van der Waals surface area contributed by atoms with E-state index in [1.807, 2.05) is 12.1 Å². The number of hydrogen-bond donors (Lipinski definition) is 2. The third kappa shape index (κ3) is 5.19. The molecule has 0 bridgehead atoms. The summed E-state index contributed by atoms with van der Waals surface area (Å²) in [7, 11) is 0. The Morgan fingerprint density at radius 1 is 1.35 bits per heavy atom. The molecule has 0 spiro atoms. The molecule has 0 aliphatic carbocycles. The minimum Gasteiger partial charge on any atom is -0.482 e. The molecule has 0 radical (unpaired) electrons. The van der Waals surface area contributed by atoms with Gasteiger partial charge >= 0.3 is 5.97 Å². The second-order valence-electron chi connectivity index (χ2n) is 4.95. The molecule has 1 unspecified atom stereocenters. The maximum atomic E-state index is 10.4. The second kappa shape index (κ2) is 7.87. The van der Waals surface area contributed by atoms with Gasteiger partial charge in [-0.1, -0.05) is 12.1 Å². The van der Waals surface area contributed by atoms with E-state index in [1.54, 1.807) is 12.1 Å². The Hall–Kier alpha value is -1.59. The molecular weight excluding hydrogens is 258 g/mol. The molecule has 5 heteroatoms. The highest BCUT2D eigenvalue weighted by Crippen LogP contribution is 2.13.